The molecule has 134 valence electrons. The van der Waals surface area contributed by atoms with Crippen LogP contribution in [0.15, 0.2) is 54.6 Å². The van der Waals surface area contributed by atoms with Crippen molar-refractivity contribution < 1.29 is 19.4 Å². The zero-order chi connectivity index (χ0) is 18.3. The second kappa shape index (κ2) is 8.53. The van der Waals surface area contributed by atoms with E-state index in [1.807, 2.05) is 54.6 Å². The van der Waals surface area contributed by atoms with E-state index in [0.29, 0.717) is 6.61 Å². The summed E-state index contributed by atoms with van der Waals surface area (Å²) in [6, 6.07) is 16.6. The van der Waals surface area contributed by atoms with Crippen LogP contribution in [0.2, 0.25) is 0 Å². The molecule has 0 fully saturated rings. The molecule has 5 heteroatoms. The van der Waals surface area contributed by atoms with Crippen molar-refractivity contribution in [3.8, 4) is 5.75 Å². The fourth-order valence-corrected chi connectivity index (χ4v) is 2.22. The standard InChI is InChI=1S/C20H25NO4/c1-20(2,3)25-19(23)21-18(13-22)16-9-11-17(12-10-16)24-14-15-7-5-4-6-8-15/h4-12,18,22H,13-14H2,1-3H3,(H,21,23)/t18-/m1/s1. The van der Waals surface area contributed by atoms with Gasteiger partial charge in [-0.2, -0.15) is 0 Å². The first-order chi connectivity index (χ1) is 11.9. The normalized spacial score (nSPS) is 12.3. The van der Waals surface area contributed by atoms with E-state index >= 15 is 0 Å². The van der Waals surface area contributed by atoms with Crippen molar-refractivity contribution in [2.24, 2.45) is 0 Å². The first kappa shape index (κ1) is 18.8. The molecule has 2 N–H and O–H groups in total. The molecule has 0 aliphatic heterocycles. The zero-order valence-electron chi connectivity index (χ0n) is 14.9. The topological polar surface area (TPSA) is 67.8 Å². The summed E-state index contributed by atoms with van der Waals surface area (Å²) < 4.78 is 10.9. The minimum atomic E-state index is -0.584. The largest absolute Gasteiger partial charge is 0.489 e. The van der Waals surface area contributed by atoms with Crippen molar-refractivity contribution in [2.45, 2.75) is 39.0 Å². The number of aliphatic hydroxyl groups is 1. The van der Waals surface area contributed by atoms with Crippen LogP contribution in [0.4, 0.5) is 4.79 Å². The highest BCUT2D eigenvalue weighted by atomic mass is 16.6. The lowest BCUT2D eigenvalue weighted by Gasteiger charge is -2.23. The Hall–Kier alpha value is -2.53. The van der Waals surface area contributed by atoms with Crippen LogP contribution in [0.25, 0.3) is 0 Å². The number of hydrogen-bond donors (Lipinski definition) is 2. The van der Waals surface area contributed by atoms with E-state index in [9.17, 15) is 9.90 Å². The SMILES string of the molecule is CC(C)(C)OC(=O)N[C@H](CO)c1ccc(OCc2ccccc2)cc1. The molecule has 0 radical (unpaired) electrons. The van der Waals surface area contributed by atoms with Crippen molar-refractivity contribution in [3.05, 3.63) is 65.7 Å². The molecule has 1 atom stereocenters. The molecular weight excluding hydrogens is 318 g/mol. The number of amides is 1. The average molecular weight is 343 g/mol. The number of alkyl carbamates (subject to hydrolysis) is 1. The summed E-state index contributed by atoms with van der Waals surface area (Å²) in [6.07, 6.45) is -0.559. The molecule has 0 unspecified atom stereocenters. The first-order valence-electron chi connectivity index (χ1n) is 8.24. The van der Waals surface area contributed by atoms with E-state index < -0.39 is 17.7 Å². The van der Waals surface area contributed by atoms with Crippen LogP contribution in [-0.2, 0) is 11.3 Å². The molecule has 0 aromatic heterocycles. The molecular formula is C20H25NO4. The number of hydrogen-bond acceptors (Lipinski definition) is 4. The Bertz CT molecular complexity index is 662. The molecule has 0 aliphatic carbocycles. The van der Waals surface area contributed by atoms with Gasteiger partial charge in [0.25, 0.3) is 0 Å². The molecule has 0 bridgehead atoms. The van der Waals surface area contributed by atoms with E-state index in [0.717, 1.165) is 16.9 Å². The summed E-state index contributed by atoms with van der Waals surface area (Å²) in [4.78, 5) is 11.9. The number of carbonyl (C=O) groups is 1. The number of ether oxygens (including phenoxy) is 2. The van der Waals surface area contributed by atoms with E-state index in [1.54, 1.807) is 20.8 Å². The Kier molecular flexibility index (Phi) is 6.42. The molecule has 0 saturated heterocycles. The molecule has 25 heavy (non-hydrogen) atoms. The maximum absolute atomic E-state index is 11.9. The minimum absolute atomic E-state index is 0.219. The summed E-state index contributed by atoms with van der Waals surface area (Å²) in [5, 5.41) is 12.2. The Balaban J connectivity index is 1.93. The summed E-state index contributed by atoms with van der Waals surface area (Å²) in [6.45, 7) is 5.64. The predicted octanol–water partition coefficient (Wildman–Crippen LogP) is 3.82. The molecule has 2 aromatic rings. The van der Waals surface area contributed by atoms with Crippen LogP contribution in [0.5, 0.6) is 5.75 Å². The highest BCUT2D eigenvalue weighted by Gasteiger charge is 2.20. The maximum atomic E-state index is 11.9. The fourth-order valence-electron chi connectivity index (χ4n) is 2.22. The van der Waals surface area contributed by atoms with Gasteiger partial charge in [0.05, 0.1) is 12.6 Å². The van der Waals surface area contributed by atoms with Gasteiger partial charge in [0.1, 0.15) is 18.0 Å². The predicted molar refractivity (Wildman–Crippen MR) is 96.4 cm³/mol. The van der Waals surface area contributed by atoms with Crippen molar-refractivity contribution in [1.29, 1.82) is 0 Å². The van der Waals surface area contributed by atoms with Crippen LogP contribution in [0, 0.1) is 0 Å². The lowest BCUT2D eigenvalue weighted by molar-refractivity contribution is 0.0482. The molecule has 5 nitrogen and oxygen atoms in total. The van der Waals surface area contributed by atoms with Crippen LogP contribution in [0.1, 0.15) is 37.9 Å². The number of aliphatic hydroxyl groups excluding tert-OH is 1. The van der Waals surface area contributed by atoms with Gasteiger partial charge in [-0.05, 0) is 44.0 Å². The van der Waals surface area contributed by atoms with Gasteiger partial charge in [-0.15, -0.1) is 0 Å². The van der Waals surface area contributed by atoms with Gasteiger partial charge >= 0.3 is 6.09 Å². The number of benzene rings is 2. The van der Waals surface area contributed by atoms with E-state index in [1.165, 1.54) is 0 Å². The van der Waals surface area contributed by atoms with Crippen molar-refractivity contribution >= 4 is 6.09 Å². The smallest absolute Gasteiger partial charge is 0.408 e. The summed E-state index contributed by atoms with van der Waals surface area (Å²) in [5.74, 6) is 0.724. The molecule has 1 amide bonds. The molecule has 0 spiro atoms. The Morgan fingerprint density at radius 3 is 2.28 bits per heavy atom. The number of rotatable bonds is 6. The Morgan fingerprint density at radius 2 is 1.72 bits per heavy atom. The summed E-state index contributed by atoms with van der Waals surface area (Å²) >= 11 is 0. The summed E-state index contributed by atoms with van der Waals surface area (Å²) in [7, 11) is 0. The lowest BCUT2D eigenvalue weighted by atomic mass is 10.1. The highest BCUT2D eigenvalue weighted by molar-refractivity contribution is 5.68. The zero-order valence-corrected chi connectivity index (χ0v) is 14.9. The molecule has 2 aromatic carbocycles. The average Bonchev–Trinajstić information content (AvgIpc) is 2.58. The third kappa shape index (κ3) is 6.47. The van der Waals surface area contributed by atoms with Crippen molar-refractivity contribution in [2.75, 3.05) is 6.61 Å². The van der Waals surface area contributed by atoms with Crippen molar-refractivity contribution in [1.82, 2.24) is 5.32 Å². The lowest BCUT2D eigenvalue weighted by Crippen LogP contribution is -2.36. The third-order valence-corrected chi connectivity index (χ3v) is 3.40. The monoisotopic (exact) mass is 343 g/mol. The molecule has 0 saturated carbocycles. The number of carbonyl (C=O) groups excluding carboxylic acids is 1. The Morgan fingerprint density at radius 1 is 1.08 bits per heavy atom. The van der Waals surface area contributed by atoms with Gasteiger partial charge in [-0.1, -0.05) is 42.5 Å². The molecule has 2 rings (SSSR count). The van der Waals surface area contributed by atoms with Gasteiger partial charge in [0.15, 0.2) is 0 Å². The van der Waals surface area contributed by atoms with Crippen LogP contribution in [-0.4, -0.2) is 23.4 Å². The Labute approximate surface area is 148 Å². The minimum Gasteiger partial charge on any atom is -0.489 e. The van der Waals surface area contributed by atoms with E-state index in [-0.39, 0.29) is 6.61 Å². The quantitative estimate of drug-likeness (QED) is 0.836. The van der Waals surface area contributed by atoms with Gasteiger partial charge in [0.2, 0.25) is 0 Å². The summed E-state index contributed by atoms with van der Waals surface area (Å²) in [5.41, 5.74) is 1.28. The first-order valence-corrected chi connectivity index (χ1v) is 8.24. The number of nitrogens with one attached hydrogen (secondary N) is 1. The van der Waals surface area contributed by atoms with Gasteiger partial charge in [-0.25, -0.2) is 4.79 Å². The molecule has 0 heterocycles. The van der Waals surface area contributed by atoms with Gasteiger partial charge < -0.3 is 19.9 Å². The second-order valence-electron chi connectivity index (χ2n) is 6.72. The maximum Gasteiger partial charge on any atom is 0.408 e. The third-order valence-electron chi connectivity index (χ3n) is 3.40. The van der Waals surface area contributed by atoms with E-state index in [4.69, 9.17) is 9.47 Å². The fraction of sp³-hybridized carbons (Fsp3) is 0.350. The molecule has 0 aliphatic rings. The van der Waals surface area contributed by atoms with Crippen LogP contribution < -0.4 is 10.1 Å². The van der Waals surface area contributed by atoms with Crippen LogP contribution >= 0.6 is 0 Å². The van der Waals surface area contributed by atoms with Gasteiger partial charge in [0, 0.05) is 0 Å². The second-order valence-corrected chi connectivity index (χ2v) is 6.72. The van der Waals surface area contributed by atoms with Gasteiger partial charge in [-0.3, -0.25) is 0 Å². The van der Waals surface area contributed by atoms with E-state index in [2.05, 4.69) is 5.32 Å². The van der Waals surface area contributed by atoms with Crippen molar-refractivity contribution in [3.63, 3.8) is 0 Å². The highest BCUT2D eigenvalue weighted by Crippen LogP contribution is 2.19. The van der Waals surface area contributed by atoms with Crippen LogP contribution in [0.3, 0.4) is 0 Å².